The molecule has 2 saturated heterocycles. The Labute approximate surface area is 156 Å². The molecule has 1 amide bonds. The summed E-state index contributed by atoms with van der Waals surface area (Å²) in [4.78, 5) is 13.8. The van der Waals surface area contributed by atoms with Gasteiger partial charge in [0.2, 0.25) is 0 Å². The molecular formula is C21H31N3O2. The molecule has 1 unspecified atom stereocenters. The lowest BCUT2D eigenvalue weighted by atomic mass is 9.66. The Hall–Kier alpha value is -1.59. The Morgan fingerprint density at radius 2 is 1.96 bits per heavy atom. The van der Waals surface area contributed by atoms with Crippen LogP contribution in [0.1, 0.15) is 49.8 Å². The minimum atomic E-state index is -0.156. The molecule has 0 aliphatic carbocycles. The standard InChI is InChI=1S/C21H31N3O2/c1-2-26-20(25)24-13-7-16(8-14-24)19-17-5-3-4-6-18(17)21(15-23-19)9-11-22-12-10-21/h3-6,16,19,22-23H,2,7-15H2,1H3. The van der Waals surface area contributed by atoms with Crippen molar-refractivity contribution in [1.29, 1.82) is 0 Å². The maximum atomic E-state index is 12.0. The van der Waals surface area contributed by atoms with Crippen LogP contribution in [0.15, 0.2) is 24.3 Å². The largest absolute Gasteiger partial charge is 0.450 e. The fourth-order valence-corrected chi connectivity index (χ4v) is 5.16. The van der Waals surface area contributed by atoms with Crippen molar-refractivity contribution in [3.8, 4) is 0 Å². The number of rotatable bonds is 2. The number of nitrogens with one attached hydrogen (secondary N) is 2. The molecule has 5 heteroatoms. The molecule has 2 fully saturated rings. The van der Waals surface area contributed by atoms with Crippen molar-refractivity contribution in [2.75, 3.05) is 39.3 Å². The second-order valence-corrected chi connectivity index (χ2v) is 8.00. The maximum Gasteiger partial charge on any atom is 0.409 e. The van der Waals surface area contributed by atoms with Crippen molar-refractivity contribution in [2.45, 2.75) is 44.1 Å². The highest BCUT2D eigenvalue weighted by molar-refractivity contribution is 5.67. The van der Waals surface area contributed by atoms with Gasteiger partial charge < -0.3 is 20.3 Å². The van der Waals surface area contributed by atoms with E-state index in [4.69, 9.17) is 4.74 Å². The second-order valence-electron chi connectivity index (χ2n) is 8.00. The van der Waals surface area contributed by atoms with Gasteiger partial charge in [-0.1, -0.05) is 24.3 Å². The molecule has 5 nitrogen and oxygen atoms in total. The molecule has 142 valence electrons. The van der Waals surface area contributed by atoms with Gasteiger partial charge in [-0.25, -0.2) is 4.79 Å². The summed E-state index contributed by atoms with van der Waals surface area (Å²) in [5.41, 5.74) is 3.36. The predicted octanol–water partition coefficient (Wildman–Crippen LogP) is 2.82. The van der Waals surface area contributed by atoms with Crippen molar-refractivity contribution in [1.82, 2.24) is 15.5 Å². The van der Waals surface area contributed by atoms with E-state index in [2.05, 4.69) is 34.9 Å². The van der Waals surface area contributed by atoms with Gasteiger partial charge in [0.05, 0.1) is 6.61 Å². The minimum absolute atomic E-state index is 0.156. The van der Waals surface area contributed by atoms with Gasteiger partial charge in [0.1, 0.15) is 0 Å². The number of piperidine rings is 2. The summed E-state index contributed by atoms with van der Waals surface area (Å²) in [5, 5.41) is 7.42. The summed E-state index contributed by atoms with van der Waals surface area (Å²) in [6.07, 6.45) is 4.35. The molecule has 0 bridgehead atoms. The van der Waals surface area contributed by atoms with Gasteiger partial charge in [-0.3, -0.25) is 0 Å². The first-order valence-corrected chi connectivity index (χ1v) is 10.2. The van der Waals surface area contributed by atoms with E-state index < -0.39 is 0 Å². The Balaban J connectivity index is 1.50. The van der Waals surface area contributed by atoms with Crippen LogP contribution in [0.25, 0.3) is 0 Å². The van der Waals surface area contributed by atoms with E-state index in [9.17, 15) is 4.79 Å². The normalized spacial score (nSPS) is 25.7. The zero-order valence-electron chi connectivity index (χ0n) is 15.8. The van der Waals surface area contributed by atoms with Crippen LogP contribution in [0.5, 0.6) is 0 Å². The quantitative estimate of drug-likeness (QED) is 0.855. The third-order valence-electron chi connectivity index (χ3n) is 6.63. The van der Waals surface area contributed by atoms with Gasteiger partial charge in [0.25, 0.3) is 0 Å². The van der Waals surface area contributed by atoms with Crippen LogP contribution in [-0.2, 0) is 10.2 Å². The average Bonchev–Trinajstić information content (AvgIpc) is 2.70. The van der Waals surface area contributed by atoms with Gasteiger partial charge in [-0.05, 0) is 62.7 Å². The highest BCUT2D eigenvalue weighted by atomic mass is 16.6. The fourth-order valence-electron chi connectivity index (χ4n) is 5.16. The number of hydrogen-bond donors (Lipinski definition) is 2. The molecule has 1 aromatic rings. The summed E-state index contributed by atoms with van der Waals surface area (Å²) in [5.74, 6) is 0.584. The number of amides is 1. The van der Waals surface area contributed by atoms with E-state index in [-0.39, 0.29) is 6.09 Å². The Morgan fingerprint density at radius 3 is 2.69 bits per heavy atom. The minimum Gasteiger partial charge on any atom is -0.450 e. The number of carbonyl (C=O) groups is 1. The predicted molar refractivity (Wildman–Crippen MR) is 102 cm³/mol. The lowest BCUT2D eigenvalue weighted by Gasteiger charge is -2.48. The van der Waals surface area contributed by atoms with Crippen molar-refractivity contribution < 1.29 is 9.53 Å². The topological polar surface area (TPSA) is 53.6 Å². The molecule has 3 aliphatic heterocycles. The molecular weight excluding hydrogens is 326 g/mol. The smallest absolute Gasteiger partial charge is 0.409 e. The van der Waals surface area contributed by atoms with E-state index in [0.717, 1.165) is 45.6 Å². The summed E-state index contributed by atoms with van der Waals surface area (Å²) in [7, 11) is 0. The fraction of sp³-hybridized carbons (Fsp3) is 0.667. The van der Waals surface area contributed by atoms with Gasteiger partial charge in [0, 0.05) is 31.1 Å². The first kappa shape index (κ1) is 17.8. The zero-order valence-corrected chi connectivity index (χ0v) is 15.8. The number of nitrogens with zero attached hydrogens (tertiary/aromatic N) is 1. The van der Waals surface area contributed by atoms with Gasteiger partial charge >= 0.3 is 6.09 Å². The van der Waals surface area contributed by atoms with Crippen molar-refractivity contribution >= 4 is 6.09 Å². The summed E-state index contributed by atoms with van der Waals surface area (Å²) in [6, 6.07) is 9.49. The summed E-state index contributed by atoms with van der Waals surface area (Å²) >= 11 is 0. The SMILES string of the molecule is CCOC(=O)N1CCC(C2NCC3(CCNCC3)c3ccccc32)CC1. The van der Waals surface area contributed by atoms with E-state index in [1.165, 1.54) is 18.4 Å². The second kappa shape index (κ2) is 7.57. The molecule has 0 saturated carbocycles. The van der Waals surface area contributed by atoms with Gasteiger partial charge in [0.15, 0.2) is 0 Å². The van der Waals surface area contributed by atoms with Crippen molar-refractivity contribution in [3.05, 3.63) is 35.4 Å². The van der Waals surface area contributed by atoms with E-state index >= 15 is 0 Å². The van der Waals surface area contributed by atoms with Crippen LogP contribution in [0.2, 0.25) is 0 Å². The van der Waals surface area contributed by atoms with Crippen LogP contribution >= 0.6 is 0 Å². The van der Waals surface area contributed by atoms with Crippen LogP contribution in [-0.4, -0.2) is 50.3 Å². The van der Waals surface area contributed by atoms with E-state index in [1.54, 1.807) is 5.56 Å². The third-order valence-corrected chi connectivity index (χ3v) is 6.63. The van der Waals surface area contributed by atoms with E-state index in [1.807, 2.05) is 11.8 Å². The molecule has 2 N–H and O–H groups in total. The average molecular weight is 357 g/mol. The zero-order chi connectivity index (χ0) is 18.0. The Morgan fingerprint density at radius 1 is 1.23 bits per heavy atom. The first-order chi connectivity index (χ1) is 12.7. The molecule has 0 radical (unpaired) electrons. The van der Waals surface area contributed by atoms with Crippen LogP contribution in [0, 0.1) is 5.92 Å². The molecule has 3 aliphatic rings. The summed E-state index contributed by atoms with van der Waals surface area (Å²) < 4.78 is 5.16. The Bertz CT molecular complexity index is 634. The van der Waals surface area contributed by atoms with Crippen LogP contribution < -0.4 is 10.6 Å². The number of fused-ring (bicyclic) bond motifs is 2. The summed E-state index contributed by atoms with van der Waals surface area (Å²) in [6.45, 7) is 7.22. The monoisotopic (exact) mass is 357 g/mol. The molecule has 1 spiro atoms. The van der Waals surface area contributed by atoms with Crippen molar-refractivity contribution in [2.24, 2.45) is 5.92 Å². The number of ether oxygens (including phenoxy) is 1. The highest BCUT2D eigenvalue weighted by Gasteiger charge is 2.42. The number of likely N-dealkylation sites (tertiary alicyclic amines) is 1. The molecule has 1 aromatic carbocycles. The molecule has 1 atom stereocenters. The lowest BCUT2D eigenvalue weighted by molar-refractivity contribution is 0.0849. The highest BCUT2D eigenvalue weighted by Crippen LogP contribution is 2.44. The third kappa shape index (κ3) is 3.23. The molecule has 26 heavy (non-hydrogen) atoms. The first-order valence-electron chi connectivity index (χ1n) is 10.2. The van der Waals surface area contributed by atoms with Crippen molar-refractivity contribution in [3.63, 3.8) is 0 Å². The van der Waals surface area contributed by atoms with E-state index in [0.29, 0.717) is 24.0 Å². The molecule has 0 aromatic heterocycles. The number of hydrogen-bond acceptors (Lipinski definition) is 4. The Kier molecular flexibility index (Phi) is 5.18. The number of benzene rings is 1. The maximum absolute atomic E-state index is 12.0. The molecule has 4 rings (SSSR count). The van der Waals surface area contributed by atoms with Gasteiger partial charge in [-0.15, -0.1) is 0 Å². The van der Waals surface area contributed by atoms with Gasteiger partial charge in [-0.2, -0.15) is 0 Å². The lowest BCUT2D eigenvalue weighted by Crippen LogP contribution is -2.53. The van der Waals surface area contributed by atoms with Crippen LogP contribution in [0.4, 0.5) is 4.79 Å². The molecule has 3 heterocycles. The van der Waals surface area contributed by atoms with Crippen LogP contribution in [0.3, 0.4) is 0 Å². The number of carbonyl (C=O) groups excluding carboxylic acids is 1.